The Morgan fingerprint density at radius 3 is 2.82 bits per heavy atom. The molecule has 1 aliphatic rings. The molecular weight excluding hydrogens is 337 g/mol. The molecule has 1 unspecified atom stereocenters. The fraction of sp³-hybridized carbons (Fsp3) is 0.385. The van der Waals surface area contributed by atoms with Gasteiger partial charge in [-0.1, -0.05) is 16.8 Å². The monoisotopic (exact) mass is 350 g/mol. The van der Waals surface area contributed by atoms with Crippen LogP contribution in [0.5, 0.6) is 0 Å². The lowest BCUT2D eigenvalue weighted by molar-refractivity contribution is 0.190. The van der Waals surface area contributed by atoms with Gasteiger partial charge in [0.1, 0.15) is 0 Å². The Labute approximate surface area is 137 Å². The molecule has 0 amide bonds. The van der Waals surface area contributed by atoms with Crippen molar-refractivity contribution in [2.75, 3.05) is 26.7 Å². The van der Waals surface area contributed by atoms with Crippen LogP contribution in [0, 0.1) is 11.6 Å². The SMILES string of the molecule is CN1CCNCC1c1noc(-c2cc(F)c(F)cc2Cl)n1.Cl. The van der Waals surface area contributed by atoms with Crippen molar-refractivity contribution >= 4 is 24.0 Å². The zero-order chi connectivity index (χ0) is 15.0. The quantitative estimate of drug-likeness (QED) is 0.844. The van der Waals surface area contributed by atoms with Crippen molar-refractivity contribution in [1.29, 1.82) is 0 Å². The van der Waals surface area contributed by atoms with Gasteiger partial charge in [0.15, 0.2) is 17.5 Å². The van der Waals surface area contributed by atoms with E-state index >= 15 is 0 Å². The van der Waals surface area contributed by atoms with Gasteiger partial charge >= 0.3 is 0 Å². The number of nitrogens with one attached hydrogen (secondary N) is 1. The molecule has 2 aromatic rings. The molecular formula is C13H14Cl2F2N4O. The number of benzene rings is 1. The van der Waals surface area contributed by atoms with Gasteiger partial charge in [-0.15, -0.1) is 12.4 Å². The van der Waals surface area contributed by atoms with E-state index in [9.17, 15) is 8.78 Å². The second-order valence-corrected chi connectivity index (χ2v) is 5.31. The maximum absolute atomic E-state index is 13.3. The van der Waals surface area contributed by atoms with Crippen LogP contribution in [0.3, 0.4) is 0 Å². The number of halogens is 4. The number of rotatable bonds is 2. The first-order valence-electron chi connectivity index (χ1n) is 6.45. The summed E-state index contributed by atoms with van der Waals surface area (Å²) in [4.78, 5) is 6.35. The van der Waals surface area contributed by atoms with E-state index in [0.717, 1.165) is 25.2 Å². The summed E-state index contributed by atoms with van der Waals surface area (Å²) < 4.78 is 31.5. The lowest BCUT2D eigenvalue weighted by atomic mass is 10.2. The number of aromatic nitrogens is 2. The smallest absolute Gasteiger partial charge is 0.259 e. The number of nitrogens with zero attached hydrogens (tertiary/aromatic N) is 3. The van der Waals surface area contributed by atoms with Crippen LogP contribution in [-0.4, -0.2) is 41.7 Å². The van der Waals surface area contributed by atoms with E-state index in [4.69, 9.17) is 16.1 Å². The van der Waals surface area contributed by atoms with Crippen molar-refractivity contribution in [2.24, 2.45) is 0 Å². The van der Waals surface area contributed by atoms with E-state index in [1.165, 1.54) is 0 Å². The average molecular weight is 351 g/mol. The van der Waals surface area contributed by atoms with Crippen LogP contribution in [-0.2, 0) is 0 Å². The van der Waals surface area contributed by atoms with Crippen LogP contribution in [0.1, 0.15) is 11.9 Å². The third-order valence-corrected chi connectivity index (χ3v) is 3.80. The third kappa shape index (κ3) is 3.22. The molecule has 0 bridgehead atoms. The summed E-state index contributed by atoms with van der Waals surface area (Å²) in [5.74, 6) is -1.46. The Balaban J connectivity index is 0.00000176. The molecule has 5 nitrogen and oxygen atoms in total. The van der Waals surface area contributed by atoms with Crippen molar-refractivity contribution in [2.45, 2.75) is 6.04 Å². The summed E-state index contributed by atoms with van der Waals surface area (Å²) in [6, 6.07) is 1.82. The maximum atomic E-state index is 13.3. The minimum atomic E-state index is -1.01. The van der Waals surface area contributed by atoms with E-state index in [0.29, 0.717) is 12.4 Å². The van der Waals surface area contributed by atoms with Gasteiger partial charge in [-0.3, -0.25) is 4.90 Å². The highest BCUT2D eigenvalue weighted by Crippen LogP contribution is 2.30. The first kappa shape index (κ1) is 17.1. The van der Waals surface area contributed by atoms with E-state index < -0.39 is 11.6 Å². The lowest BCUT2D eigenvalue weighted by Gasteiger charge is -2.30. The Morgan fingerprint density at radius 1 is 1.36 bits per heavy atom. The largest absolute Gasteiger partial charge is 0.334 e. The summed E-state index contributed by atoms with van der Waals surface area (Å²) >= 11 is 5.90. The molecule has 1 N–H and O–H groups in total. The summed E-state index contributed by atoms with van der Waals surface area (Å²) in [6.07, 6.45) is 0. The summed E-state index contributed by atoms with van der Waals surface area (Å²) in [5, 5.41) is 7.19. The van der Waals surface area contributed by atoms with Gasteiger partial charge in [0.2, 0.25) is 0 Å². The van der Waals surface area contributed by atoms with Gasteiger partial charge in [-0.2, -0.15) is 4.98 Å². The van der Waals surface area contributed by atoms with Crippen LogP contribution in [0.15, 0.2) is 16.7 Å². The van der Waals surface area contributed by atoms with Gasteiger partial charge in [0, 0.05) is 19.6 Å². The predicted molar refractivity (Wildman–Crippen MR) is 80.1 cm³/mol. The van der Waals surface area contributed by atoms with Crippen LogP contribution in [0.25, 0.3) is 11.5 Å². The van der Waals surface area contributed by atoms with Crippen LogP contribution < -0.4 is 5.32 Å². The van der Waals surface area contributed by atoms with E-state index in [1.54, 1.807) is 0 Å². The Bertz CT molecular complexity index is 667. The minimum absolute atomic E-state index is 0. The molecule has 0 spiro atoms. The van der Waals surface area contributed by atoms with Gasteiger partial charge in [-0.05, 0) is 19.2 Å². The van der Waals surface area contributed by atoms with E-state index in [-0.39, 0.29) is 34.9 Å². The summed E-state index contributed by atoms with van der Waals surface area (Å²) in [5.41, 5.74) is 0.181. The standard InChI is InChI=1S/C13H13ClF2N4O.ClH/c1-20-3-2-17-6-11(20)12-18-13(21-19-12)7-4-9(15)10(16)5-8(7)14;/h4-5,11,17H,2-3,6H2,1H3;1H. The molecule has 22 heavy (non-hydrogen) atoms. The van der Waals surface area contributed by atoms with Crippen LogP contribution in [0.2, 0.25) is 5.02 Å². The molecule has 1 aromatic heterocycles. The number of piperazine rings is 1. The first-order chi connectivity index (χ1) is 10.1. The Hall–Kier alpha value is -1.28. The molecule has 1 aromatic carbocycles. The van der Waals surface area contributed by atoms with Gasteiger partial charge in [-0.25, -0.2) is 8.78 Å². The maximum Gasteiger partial charge on any atom is 0.259 e. The molecule has 120 valence electrons. The average Bonchev–Trinajstić information content (AvgIpc) is 2.92. The number of hydrogen-bond donors (Lipinski definition) is 1. The second-order valence-electron chi connectivity index (χ2n) is 4.90. The molecule has 0 saturated carbocycles. The zero-order valence-electron chi connectivity index (χ0n) is 11.6. The highest BCUT2D eigenvalue weighted by molar-refractivity contribution is 6.33. The van der Waals surface area contributed by atoms with Gasteiger partial charge in [0.25, 0.3) is 5.89 Å². The third-order valence-electron chi connectivity index (χ3n) is 3.49. The fourth-order valence-corrected chi connectivity index (χ4v) is 2.49. The fourth-order valence-electron chi connectivity index (χ4n) is 2.26. The van der Waals surface area contributed by atoms with Crippen molar-refractivity contribution in [3.63, 3.8) is 0 Å². The molecule has 0 radical (unpaired) electrons. The predicted octanol–water partition coefficient (Wildman–Crippen LogP) is 2.67. The molecule has 9 heteroatoms. The summed E-state index contributed by atoms with van der Waals surface area (Å²) in [6.45, 7) is 2.45. The topological polar surface area (TPSA) is 54.2 Å². The molecule has 1 aliphatic heterocycles. The van der Waals surface area contributed by atoms with Crippen molar-refractivity contribution in [1.82, 2.24) is 20.4 Å². The highest BCUT2D eigenvalue weighted by Gasteiger charge is 2.26. The molecule has 2 heterocycles. The van der Waals surface area contributed by atoms with E-state index in [1.807, 2.05) is 7.05 Å². The molecule has 1 atom stereocenters. The second kappa shape index (κ2) is 6.87. The highest BCUT2D eigenvalue weighted by atomic mass is 35.5. The van der Waals surface area contributed by atoms with Crippen LogP contribution in [0.4, 0.5) is 8.78 Å². The van der Waals surface area contributed by atoms with E-state index in [2.05, 4.69) is 20.4 Å². The first-order valence-corrected chi connectivity index (χ1v) is 6.83. The molecule has 3 rings (SSSR count). The zero-order valence-corrected chi connectivity index (χ0v) is 13.2. The van der Waals surface area contributed by atoms with Gasteiger partial charge < -0.3 is 9.84 Å². The summed E-state index contributed by atoms with van der Waals surface area (Å²) in [7, 11) is 1.96. The lowest BCUT2D eigenvalue weighted by Crippen LogP contribution is -2.44. The normalized spacial score (nSPS) is 19.0. The molecule has 1 saturated heterocycles. The number of likely N-dealkylation sites (N-methyl/N-ethyl adjacent to an activating group) is 1. The minimum Gasteiger partial charge on any atom is -0.334 e. The Kier molecular flexibility index (Phi) is 5.33. The van der Waals surface area contributed by atoms with Crippen molar-refractivity contribution < 1.29 is 13.3 Å². The van der Waals surface area contributed by atoms with Gasteiger partial charge in [0.05, 0.1) is 16.6 Å². The van der Waals surface area contributed by atoms with Crippen molar-refractivity contribution in [3.8, 4) is 11.5 Å². The van der Waals surface area contributed by atoms with Crippen molar-refractivity contribution in [3.05, 3.63) is 34.6 Å². The molecule has 1 fully saturated rings. The Morgan fingerprint density at radius 2 is 2.09 bits per heavy atom. The number of hydrogen-bond acceptors (Lipinski definition) is 5. The molecule has 0 aliphatic carbocycles. The van der Waals surface area contributed by atoms with Crippen LogP contribution >= 0.6 is 24.0 Å².